The first-order valence-corrected chi connectivity index (χ1v) is 7.61. The number of rotatable bonds is 9. The molecule has 0 radical (unpaired) electrons. The van der Waals surface area contributed by atoms with Gasteiger partial charge in [0.25, 0.3) is 0 Å². The van der Waals surface area contributed by atoms with Crippen molar-refractivity contribution in [1.82, 2.24) is 5.32 Å². The fourth-order valence-corrected chi connectivity index (χ4v) is 2.26. The molecule has 0 aromatic heterocycles. The molecule has 20 heavy (non-hydrogen) atoms. The third-order valence-electron chi connectivity index (χ3n) is 3.28. The molecule has 0 saturated heterocycles. The van der Waals surface area contributed by atoms with E-state index < -0.39 is 0 Å². The van der Waals surface area contributed by atoms with Crippen molar-refractivity contribution in [3.8, 4) is 5.75 Å². The van der Waals surface area contributed by atoms with Crippen molar-refractivity contribution in [2.45, 2.75) is 59.5 Å². The van der Waals surface area contributed by atoms with Crippen molar-refractivity contribution in [1.29, 1.82) is 0 Å². The molecule has 3 nitrogen and oxygen atoms in total. The van der Waals surface area contributed by atoms with Crippen molar-refractivity contribution in [2.24, 2.45) is 0 Å². The van der Waals surface area contributed by atoms with E-state index in [0.717, 1.165) is 38.2 Å². The predicted octanol–water partition coefficient (Wildman–Crippen LogP) is 3.34. The van der Waals surface area contributed by atoms with Crippen LogP contribution in [0.15, 0.2) is 12.1 Å². The first kappa shape index (κ1) is 17.0. The zero-order valence-electron chi connectivity index (χ0n) is 13.3. The number of aryl methyl sites for hydroxylation is 2. The Kier molecular flexibility index (Phi) is 7.63. The van der Waals surface area contributed by atoms with Crippen molar-refractivity contribution >= 4 is 0 Å². The molecule has 0 unspecified atom stereocenters. The van der Waals surface area contributed by atoms with Crippen LogP contribution >= 0.6 is 0 Å². The molecule has 1 rings (SSSR count). The molecule has 0 atom stereocenters. The summed E-state index contributed by atoms with van der Waals surface area (Å²) in [4.78, 5) is 0. The number of ether oxygens (including phenoxy) is 1. The van der Waals surface area contributed by atoms with Crippen LogP contribution in [0.1, 0.15) is 49.8 Å². The van der Waals surface area contributed by atoms with Gasteiger partial charge >= 0.3 is 0 Å². The molecule has 0 aliphatic rings. The Balaban J connectivity index is 2.55. The van der Waals surface area contributed by atoms with Crippen LogP contribution in [0, 0.1) is 13.8 Å². The van der Waals surface area contributed by atoms with Gasteiger partial charge in [-0.05, 0) is 49.8 Å². The summed E-state index contributed by atoms with van der Waals surface area (Å²) in [5.41, 5.74) is 3.71. The summed E-state index contributed by atoms with van der Waals surface area (Å²) in [6.45, 7) is 10.4. The number of hydrogen-bond donors (Lipinski definition) is 2. The van der Waals surface area contributed by atoms with E-state index in [0.29, 0.717) is 6.04 Å². The van der Waals surface area contributed by atoms with E-state index in [1.54, 1.807) is 0 Å². The lowest BCUT2D eigenvalue weighted by molar-refractivity contribution is 0.265. The van der Waals surface area contributed by atoms with Gasteiger partial charge in [-0.3, -0.25) is 0 Å². The van der Waals surface area contributed by atoms with E-state index in [1.807, 2.05) is 0 Å². The summed E-state index contributed by atoms with van der Waals surface area (Å²) in [7, 11) is 0. The smallest absolute Gasteiger partial charge is 0.125 e. The zero-order valence-corrected chi connectivity index (χ0v) is 13.3. The summed E-state index contributed by atoms with van der Waals surface area (Å²) in [6.07, 6.45) is 2.88. The SMILES string of the molecule is Cc1cc(CNC(C)C)cc(C)c1OCCCCCO. The van der Waals surface area contributed by atoms with E-state index >= 15 is 0 Å². The Morgan fingerprint density at radius 2 is 1.75 bits per heavy atom. The van der Waals surface area contributed by atoms with Crippen molar-refractivity contribution < 1.29 is 9.84 Å². The molecule has 1 aromatic rings. The molecule has 114 valence electrons. The summed E-state index contributed by atoms with van der Waals surface area (Å²) < 4.78 is 5.89. The first-order valence-electron chi connectivity index (χ1n) is 7.61. The average Bonchev–Trinajstić information content (AvgIpc) is 2.38. The Hall–Kier alpha value is -1.06. The molecule has 0 heterocycles. The lowest BCUT2D eigenvalue weighted by atomic mass is 10.1. The second-order valence-corrected chi connectivity index (χ2v) is 5.73. The highest BCUT2D eigenvalue weighted by molar-refractivity contribution is 5.43. The maximum atomic E-state index is 8.74. The molecule has 0 fully saturated rings. The van der Waals surface area contributed by atoms with Crippen molar-refractivity contribution in [3.63, 3.8) is 0 Å². The fraction of sp³-hybridized carbons (Fsp3) is 0.647. The minimum atomic E-state index is 0.273. The van der Waals surface area contributed by atoms with E-state index in [1.165, 1.54) is 16.7 Å². The zero-order chi connectivity index (χ0) is 15.0. The number of hydrogen-bond acceptors (Lipinski definition) is 3. The van der Waals surface area contributed by atoms with E-state index in [4.69, 9.17) is 9.84 Å². The monoisotopic (exact) mass is 279 g/mol. The molecule has 0 amide bonds. The Morgan fingerprint density at radius 1 is 1.10 bits per heavy atom. The van der Waals surface area contributed by atoms with Gasteiger partial charge in [-0.2, -0.15) is 0 Å². The fourth-order valence-electron chi connectivity index (χ4n) is 2.26. The highest BCUT2D eigenvalue weighted by atomic mass is 16.5. The molecular weight excluding hydrogens is 250 g/mol. The number of unbranched alkanes of at least 4 members (excludes halogenated alkanes) is 2. The van der Waals surface area contributed by atoms with Crippen molar-refractivity contribution in [2.75, 3.05) is 13.2 Å². The van der Waals surface area contributed by atoms with Crippen molar-refractivity contribution in [3.05, 3.63) is 28.8 Å². The van der Waals surface area contributed by atoms with Crippen LogP contribution in [0.25, 0.3) is 0 Å². The minimum absolute atomic E-state index is 0.273. The molecule has 0 spiro atoms. The van der Waals surface area contributed by atoms with Gasteiger partial charge in [-0.15, -0.1) is 0 Å². The highest BCUT2D eigenvalue weighted by Crippen LogP contribution is 2.25. The highest BCUT2D eigenvalue weighted by Gasteiger charge is 2.07. The molecule has 2 N–H and O–H groups in total. The van der Waals surface area contributed by atoms with Crippen LogP contribution < -0.4 is 10.1 Å². The van der Waals surface area contributed by atoms with Crippen LogP contribution in [-0.2, 0) is 6.54 Å². The van der Waals surface area contributed by atoms with Gasteiger partial charge in [0, 0.05) is 19.2 Å². The van der Waals surface area contributed by atoms with Gasteiger partial charge in [0.2, 0.25) is 0 Å². The summed E-state index contributed by atoms with van der Waals surface area (Å²) in [6, 6.07) is 4.90. The minimum Gasteiger partial charge on any atom is -0.493 e. The number of aliphatic hydroxyl groups is 1. The largest absolute Gasteiger partial charge is 0.493 e. The van der Waals surface area contributed by atoms with E-state index in [9.17, 15) is 0 Å². The third kappa shape index (κ3) is 5.93. The summed E-state index contributed by atoms with van der Waals surface area (Å²) in [5, 5.41) is 12.2. The third-order valence-corrected chi connectivity index (χ3v) is 3.28. The van der Waals surface area contributed by atoms with Gasteiger partial charge in [0.15, 0.2) is 0 Å². The molecule has 0 aliphatic carbocycles. The molecule has 0 bridgehead atoms. The quantitative estimate of drug-likeness (QED) is 0.681. The number of benzene rings is 1. The van der Waals surface area contributed by atoms with Gasteiger partial charge in [-0.1, -0.05) is 26.0 Å². The van der Waals surface area contributed by atoms with Gasteiger partial charge in [0.05, 0.1) is 6.61 Å². The molecule has 1 aromatic carbocycles. The topological polar surface area (TPSA) is 41.5 Å². The van der Waals surface area contributed by atoms with E-state index in [-0.39, 0.29) is 6.61 Å². The summed E-state index contributed by atoms with van der Waals surface area (Å²) >= 11 is 0. The molecule has 0 saturated carbocycles. The van der Waals surface area contributed by atoms with Gasteiger partial charge in [-0.25, -0.2) is 0 Å². The first-order chi connectivity index (χ1) is 9.54. The van der Waals surface area contributed by atoms with Crippen LogP contribution in [0.4, 0.5) is 0 Å². The normalized spacial score (nSPS) is 11.1. The Morgan fingerprint density at radius 3 is 2.30 bits per heavy atom. The predicted molar refractivity (Wildman–Crippen MR) is 84.3 cm³/mol. The molecule has 0 aliphatic heterocycles. The Labute approximate surface area is 123 Å². The van der Waals surface area contributed by atoms with Crippen LogP contribution in [0.3, 0.4) is 0 Å². The number of aliphatic hydroxyl groups excluding tert-OH is 1. The van der Waals surface area contributed by atoms with Gasteiger partial charge in [0.1, 0.15) is 5.75 Å². The van der Waals surface area contributed by atoms with Crippen LogP contribution in [0.2, 0.25) is 0 Å². The van der Waals surface area contributed by atoms with E-state index in [2.05, 4.69) is 45.1 Å². The summed E-state index contributed by atoms with van der Waals surface area (Å²) in [5.74, 6) is 1.02. The maximum Gasteiger partial charge on any atom is 0.125 e. The lowest BCUT2D eigenvalue weighted by Crippen LogP contribution is -2.21. The molecule has 3 heteroatoms. The van der Waals surface area contributed by atoms with Crippen LogP contribution in [-0.4, -0.2) is 24.4 Å². The standard InChI is InChI=1S/C17H29NO2/c1-13(2)18-12-16-10-14(3)17(15(4)11-16)20-9-7-5-6-8-19/h10-11,13,18-19H,5-9,12H2,1-4H3. The van der Waals surface area contributed by atoms with Crippen LogP contribution in [0.5, 0.6) is 5.75 Å². The second kappa shape index (κ2) is 8.98. The second-order valence-electron chi connectivity index (χ2n) is 5.73. The average molecular weight is 279 g/mol. The lowest BCUT2D eigenvalue weighted by Gasteiger charge is -2.15. The van der Waals surface area contributed by atoms with Gasteiger partial charge < -0.3 is 15.2 Å². The number of nitrogens with one attached hydrogen (secondary N) is 1. The maximum absolute atomic E-state index is 8.74. The Bertz CT molecular complexity index is 379. The molecular formula is C17H29NO2.